The van der Waals surface area contributed by atoms with Gasteiger partial charge >= 0.3 is 0 Å². The first-order valence-electron chi connectivity index (χ1n) is 11.4. The van der Waals surface area contributed by atoms with Crippen LogP contribution in [0, 0.1) is 27.7 Å². The third-order valence-electron chi connectivity index (χ3n) is 6.23. The lowest BCUT2D eigenvalue weighted by Crippen LogP contribution is -2.50. The van der Waals surface area contributed by atoms with Crippen LogP contribution in [0.15, 0.2) is 46.9 Å². The summed E-state index contributed by atoms with van der Waals surface area (Å²) in [7, 11) is -3.69. The summed E-state index contributed by atoms with van der Waals surface area (Å²) in [6.45, 7) is 10.2. The lowest BCUT2D eigenvalue weighted by atomic mass is 10.1. The van der Waals surface area contributed by atoms with Gasteiger partial charge in [-0.2, -0.15) is 0 Å². The summed E-state index contributed by atoms with van der Waals surface area (Å²) in [5.41, 5.74) is 5.81. The Morgan fingerprint density at radius 3 is 2.26 bits per heavy atom. The van der Waals surface area contributed by atoms with E-state index in [0.717, 1.165) is 11.1 Å². The van der Waals surface area contributed by atoms with E-state index < -0.39 is 15.6 Å². The lowest BCUT2D eigenvalue weighted by molar-refractivity contribution is -0.128. The molecule has 180 valence electrons. The van der Waals surface area contributed by atoms with Gasteiger partial charge in [-0.05, 0) is 57.0 Å². The molecular formula is C26H31N3O4S. The standard InChI is InChI=1S/C26H31N3O4S/c1-18-6-9-22(10-7-18)26-27-23(21(4)33-26)16-34(31,32)17-25(30)29-13-11-28(12-14-29)24-15-19(2)5-8-20(24)3/h5-10,15H,11-14,16-17H2,1-4H3. The predicted octanol–water partition coefficient (Wildman–Crippen LogP) is 3.84. The number of carbonyl (C=O) groups excluding carboxylic acids is 1. The normalized spacial score (nSPS) is 14.5. The van der Waals surface area contributed by atoms with Gasteiger partial charge in [0.25, 0.3) is 0 Å². The number of sulfone groups is 1. The second kappa shape index (κ2) is 9.62. The second-order valence-corrected chi connectivity index (χ2v) is 11.1. The maximum absolute atomic E-state index is 12.8. The van der Waals surface area contributed by atoms with E-state index in [1.165, 1.54) is 16.8 Å². The summed E-state index contributed by atoms with van der Waals surface area (Å²) in [5.74, 6) is -0.365. The number of oxazole rings is 1. The molecule has 0 unspecified atom stereocenters. The molecule has 3 aromatic rings. The van der Waals surface area contributed by atoms with E-state index >= 15 is 0 Å². The Bertz CT molecular complexity index is 1290. The summed E-state index contributed by atoms with van der Waals surface area (Å²) in [4.78, 5) is 21.1. The van der Waals surface area contributed by atoms with Gasteiger partial charge in [-0.25, -0.2) is 13.4 Å². The molecule has 1 aromatic heterocycles. The molecule has 2 aromatic carbocycles. The van der Waals surface area contributed by atoms with E-state index in [2.05, 4.69) is 41.9 Å². The van der Waals surface area contributed by atoms with Gasteiger partial charge in [0.2, 0.25) is 11.8 Å². The molecule has 1 fully saturated rings. The van der Waals surface area contributed by atoms with E-state index in [4.69, 9.17) is 4.42 Å². The van der Waals surface area contributed by atoms with Crippen LogP contribution in [0.1, 0.15) is 28.1 Å². The van der Waals surface area contributed by atoms with Crippen molar-refractivity contribution in [3.63, 3.8) is 0 Å². The maximum atomic E-state index is 12.8. The number of aromatic nitrogens is 1. The first-order valence-corrected chi connectivity index (χ1v) is 13.3. The zero-order chi connectivity index (χ0) is 24.5. The van der Waals surface area contributed by atoms with Gasteiger partial charge in [-0.3, -0.25) is 4.79 Å². The third-order valence-corrected chi connectivity index (χ3v) is 7.63. The van der Waals surface area contributed by atoms with E-state index in [0.29, 0.717) is 43.5 Å². The molecule has 0 saturated carbocycles. The number of hydrogen-bond acceptors (Lipinski definition) is 6. The molecule has 34 heavy (non-hydrogen) atoms. The van der Waals surface area contributed by atoms with Crippen molar-refractivity contribution in [2.45, 2.75) is 33.4 Å². The SMILES string of the molecule is Cc1ccc(-c2nc(CS(=O)(=O)CC(=O)N3CCN(c4cc(C)ccc4C)CC3)c(C)o2)cc1. The number of amides is 1. The van der Waals surface area contributed by atoms with Crippen molar-refractivity contribution < 1.29 is 17.6 Å². The fourth-order valence-corrected chi connectivity index (χ4v) is 5.52. The molecule has 1 aliphatic heterocycles. The van der Waals surface area contributed by atoms with Gasteiger partial charge in [0.15, 0.2) is 9.84 Å². The van der Waals surface area contributed by atoms with Crippen LogP contribution >= 0.6 is 0 Å². The summed E-state index contributed by atoms with van der Waals surface area (Å²) in [6, 6.07) is 14.0. The molecule has 2 heterocycles. The molecule has 1 amide bonds. The van der Waals surface area contributed by atoms with Crippen LogP contribution in [0.25, 0.3) is 11.5 Å². The summed E-state index contributed by atoms with van der Waals surface area (Å²) in [5, 5.41) is 0. The van der Waals surface area contributed by atoms with Crippen molar-refractivity contribution in [2.75, 3.05) is 36.8 Å². The van der Waals surface area contributed by atoms with Crippen LogP contribution < -0.4 is 4.90 Å². The van der Waals surface area contributed by atoms with Crippen LogP contribution in [-0.2, 0) is 20.4 Å². The van der Waals surface area contributed by atoms with E-state index in [1.54, 1.807) is 11.8 Å². The molecule has 1 aliphatic rings. The van der Waals surface area contributed by atoms with Crippen LogP contribution in [0.2, 0.25) is 0 Å². The molecule has 0 aliphatic carbocycles. The molecule has 0 radical (unpaired) electrons. The van der Waals surface area contributed by atoms with Crippen LogP contribution in [0.4, 0.5) is 5.69 Å². The Labute approximate surface area is 201 Å². The Balaban J connectivity index is 1.37. The summed E-state index contributed by atoms with van der Waals surface area (Å²) in [6.07, 6.45) is 0. The molecule has 8 heteroatoms. The van der Waals surface area contributed by atoms with Gasteiger partial charge < -0.3 is 14.2 Å². The molecular weight excluding hydrogens is 450 g/mol. The number of piperazine rings is 1. The zero-order valence-corrected chi connectivity index (χ0v) is 21.0. The monoisotopic (exact) mass is 481 g/mol. The average molecular weight is 482 g/mol. The predicted molar refractivity (Wildman–Crippen MR) is 134 cm³/mol. The minimum Gasteiger partial charge on any atom is -0.441 e. The molecule has 4 rings (SSSR count). The number of carbonyl (C=O) groups is 1. The maximum Gasteiger partial charge on any atom is 0.237 e. The van der Waals surface area contributed by atoms with E-state index in [1.807, 2.05) is 31.2 Å². The molecule has 0 bridgehead atoms. The first-order chi connectivity index (χ1) is 16.1. The number of rotatable bonds is 6. The Kier molecular flexibility index (Phi) is 6.79. The van der Waals surface area contributed by atoms with Crippen molar-refractivity contribution in [2.24, 2.45) is 0 Å². The summed E-state index contributed by atoms with van der Waals surface area (Å²) >= 11 is 0. The molecule has 1 saturated heterocycles. The van der Waals surface area contributed by atoms with Crippen LogP contribution in [0.3, 0.4) is 0 Å². The summed E-state index contributed by atoms with van der Waals surface area (Å²) < 4.78 is 31.4. The van der Waals surface area contributed by atoms with Crippen LogP contribution in [-0.4, -0.2) is 56.1 Å². The Morgan fingerprint density at radius 2 is 1.59 bits per heavy atom. The van der Waals surface area contributed by atoms with Gasteiger partial charge in [-0.1, -0.05) is 29.8 Å². The number of benzene rings is 2. The molecule has 0 spiro atoms. The van der Waals surface area contributed by atoms with Gasteiger partial charge in [0.05, 0.1) is 11.4 Å². The average Bonchev–Trinajstić information content (AvgIpc) is 3.15. The van der Waals surface area contributed by atoms with E-state index in [-0.39, 0.29) is 11.7 Å². The molecule has 0 N–H and O–H groups in total. The first kappa shape index (κ1) is 24.0. The van der Waals surface area contributed by atoms with Crippen molar-refractivity contribution in [3.05, 3.63) is 70.6 Å². The quantitative estimate of drug-likeness (QED) is 0.532. The van der Waals surface area contributed by atoms with Crippen molar-refractivity contribution in [3.8, 4) is 11.5 Å². The third kappa shape index (κ3) is 5.50. The minimum absolute atomic E-state index is 0.317. The molecule has 7 nitrogen and oxygen atoms in total. The Morgan fingerprint density at radius 1 is 0.941 bits per heavy atom. The highest BCUT2D eigenvalue weighted by Gasteiger charge is 2.27. The topological polar surface area (TPSA) is 83.7 Å². The number of nitrogens with zero attached hydrogens (tertiary/aromatic N) is 3. The highest BCUT2D eigenvalue weighted by atomic mass is 32.2. The number of hydrogen-bond donors (Lipinski definition) is 0. The van der Waals surface area contributed by atoms with Crippen molar-refractivity contribution in [1.29, 1.82) is 0 Å². The largest absolute Gasteiger partial charge is 0.441 e. The minimum atomic E-state index is -3.69. The van der Waals surface area contributed by atoms with Crippen molar-refractivity contribution in [1.82, 2.24) is 9.88 Å². The Hall–Kier alpha value is -3.13. The fourth-order valence-electron chi connectivity index (χ4n) is 4.18. The second-order valence-electron chi connectivity index (χ2n) is 9.08. The number of anilines is 1. The number of aryl methyl sites for hydroxylation is 4. The van der Waals surface area contributed by atoms with E-state index in [9.17, 15) is 13.2 Å². The zero-order valence-electron chi connectivity index (χ0n) is 20.2. The lowest BCUT2D eigenvalue weighted by Gasteiger charge is -2.37. The fraction of sp³-hybridized carbons (Fsp3) is 0.385. The van der Waals surface area contributed by atoms with Gasteiger partial charge in [-0.15, -0.1) is 0 Å². The molecule has 0 atom stereocenters. The van der Waals surface area contributed by atoms with Crippen molar-refractivity contribution >= 4 is 21.4 Å². The van der Waals surface area contributed by atoms with Gasteiger partial charge in [0, 0.05) is 37.4 Å². The van der Waals surface area contributed by atoms with Crippen LogP contribution in [0.5, 0.6) is 0 Å². The smallest absolute Gasteiger partial charge is 0.237 e. The highest BCUT2D eigenvalue weighted by Crippen LogP contribution is 2.25. The highest BCUT2D eigenvalue weighted by molar-refractivity contribution is 7.91. The van der Waals surface area contributed by atoms with Gasteiger partial charge in [0.1, 0.15) is 11.5 Å².